The van der Waals surface area contributed by atoms with E-state index in [9.17, 15) is 10.1 Å². The summed E-state index contributed by atoms with van der Waals surface area (Å²) in [6.45, 7) is 8.17. The lowest BCUT2D eigenvalue weighted by Crippen LogP contribution is -2.22. The molecule has 1 saturated heterocycles. The van der Waals surface area contributed by atoms with Crippen molar-refractivity contribution in [3.8, 4) is 6.07 Å². The molecule has 8 heteroatoms. The van der Waals surface area contributed by atoms with E-state index < -0.39 is 0 Å². The average molecular weight is 438 g/mol. The fraction of sp³-hybridized carbons (Fsp3) is 0.435. The summed E-state index contributed by atoms with van der Waals surface area (Å²) >= 11 is 1.41. The summed E-state index contributed by atoms with van der Waals surface area (Å²) in [7, 11) is 0. The predicted molar refractivity (Wildman–Crippen MR) is 122 cm³/mol. The number of fused-ring (bicyclic) bond motifs is 1. The van der Waals surface area contributed by atoms with E-state index in [2.05, 4.69) is 27.9 Å². The maximum atomic E-state index is 12.9. The van der Waals surface area contributed by atoms with E-state index in [4.69, 9.17) is 4.74 Å². The number of imidazole rings is 1. The summed E-state index contributed by atoms with van der Waals surface area (Å²) in [5, 5.41) is 13.5. The molecule has 1 atom stereocenters. The number of anilines is 1. The molecule has 4 rings (SSSR count). The van der Waals surface area contributed by atoms with Gasteiger partial charge in [-0.15, -0.1) is 0 Å². The number of carbonyl (C=O) groups is 1. The molecule has 31 heavy (non-hydrogen) atoms. The first-order chi connectivity index (χ1) is 15.0. The van der Waals surface area contributed by atoms with Crippen LogP contribution in [0.3, 0.4) is 0 Å². The highest BCUT2D eigenvalue weighted by molar-refractivity contribution is 7.99. The topological polar surface area (TPSA) is 84.9 Å². The Morgan fingerprint density at radius 2 is 2.16 bits per heavy atom. The Bertz CT molecular complexity index is 1150. The van der Waals surface area contributed by atoms with Gasteiger partial charge in [-0.3, -0.25) is 4.79 Å². The van der Waals surface area contributed by atoms with Gasteiger partial charge in [-0.25, -0.2) is 4.98 Å². The smallest absolute Gasteiger partial charge is 0.235 e. The summed E-state index contributed by atoms with van der Waals surface area (Å²) in [4.78, 5) is 17.5. The number of nitrogens with one attached hydrogen (secondary N) is 1. The maximum Gasteiger partial charge on any atom is 0.235 e. The molecule has 1 unspecified atom stereocenters. The van der Waals surface area contributed by atoms with Crippen LogP contribution in [-0.2, 0) is 22.6 Å². The Morgan fingerprint density at radius 3 is 2.87 bits per heavy atom. The predicted octanol–water partition coefficient (Wildman–Crippen LogP) is 4.26. The van der Waals surface area contributed by atoms with E-state index in [1.807, 2.05) is 42.7 Å². The second kappa shape index (κ2) is 9.16. The highest BCUT2D eigenvalue weighted by Gasteiger charge is 2.24. The molecule has 1 fully saturated rings. The normalized spacial score (nSPS) is 16.0. The van der Waals surface area contributed by atoms with Gasteiger partial charge in [0.2, 0.25) is 5.91 Å². The zero-order valence-electron chi connectivity index (χ0n) is 18.1. The molecular weight excluding hydrogens is 410 g/mol. The number of thioether (sulfide) groups is 1. The zero-order chi connectivity index (χ0) is 22.0. The summed E-state index contributed by atoms with van der Waals surface area (Å²) in [6.07, 6.45) is 2.16. The number of para-hydroxylation sites is 2. The van der Waals surface area contributed by atoms with Crippen LogP contribution in [0.15, 0.2) is 29.4 Å². The van der Waals surface area contributed by atoms with Crippen LogP contribution in [-0.4, -0.2) is 38.5 Å². The largest absolute Gasteiger partial charge is 0.376 e. The Hall–Kier alpha value is -2.76. The SMILES string of the molecule is CCn1c(SCC(=O)Nc2c(C#N)c(C)c(C)n2CC2CCCO2)nc2ccccc21. The van der Waals surface area contributed by atoms with Gasteiger partial charge in [-0.05, 0) is 51.3 Å². The summed E-state index contributed by atoms with van der Waals surface area (Å²) in [6, 6.07) is 10.2. The monoisotopic (exact) mass is 437 g/mol. The quantitative estimate of drug-likeness (QED) is 0.559. The summed E-state index contributed by atoms with van der Waals surface area (Å²) in [5.41, 5.74) is 4.40. The molecular formula is C23H27N5O2S. The number of hydrogen-bond acceptors (Lipinski definition) is 5. The molecule has 0 saturated carbocycles. The van der Waals surface area contributed by atoms with Crippen LogP contribution in [0.2, 0.25) is 0 Å². The van der Waals surface area contributed by atoms with Crippen molar-refractivity contribution in [1.82, 2.24) is 14.1 Å². The second-order valence-corrected chi connectivity index (χ2v) is 8.70. The Labute approximate surface area is 186 Å². The Morgan fingerprint density at radius 1 is 1.35 bits per heavy atom. The van der Waals surface area contributed by atoms with Crippen molar-refractivity contribution in [2.24, 2.45) is 0 Å². The van der Waals surface area contributed by atoms with E-state index in [-0.39, 0.29) is 17.8 Å². The molecule has 0 bridgehead atoms. The number of ether oxygens (including phenoxy) is 1. The fourth-order valence-electron chi connectivity index (χ4n) is 4.12. The van der Waals surface area contributed by atoms with Crippen LogP contribution in [0.4, 0.5) is 5.82 Å². The van der Waals surface area contributed by atoms with Crippen LogP contribution in [0.5, 0.6) is 0 Å². The molecule has 1 aliphatic heterocycles. The highest BCUT2D eigenvalue weighted by Crippen LogP contribution is 2.29. The lowest BCUT2D eigenvalue weighted by molar-refractivity contribution is -0.113. The van der Waals surface area contributed by atoms with Gasteiger partial charge in [-0.1, -0.05) is 23.9 Å². The van der Waals surface area contributed by atoms with Crippen molar-refractivity contribution in [1.29, 1.82) is 5.26 Å². The van der Waals surface area contributed by atoms with Crippen LogP contribution in [0.1, 0.15) is 36.6 Å². The molecule has 3 aromatic rings. The molecule has 1 N–H and O–H groups in total. The third-order valence-corrected chi connectivity index (χ3v) is 6.85. The van der Waals surface area contributed by atoms with Gasteiger partial charge in [0.05, 0.1) is 35.0 Å². The van der Waals surface area contributed by atoms with Gasteiger partial charge in [0.15, 0.2) is 5.16 Å². The molecule has 0 aliphatic carbocycles. The first kappa shape index (κ1) is 21.5. The molecule has 7 nitrogen and oxygen atoms in total. The molecule has 162 valence electrons. The lowest BCUT2D eigenvalue weighted by Gasteiger charge is -2.16. The first-order valence-electron chi connectivity index (χ1n) is 10.6. The van der Waals surface area contributed by atoms with Crippen molar-refractivity contribution in [2.45, 2.75) is 58.0 Å². The van der Waals surface area contributed by atoms with Crippen molar-refractivity contribution in [2.75, 3.05) is 17.7 Å². The molecule has 1 aliphatic rings. The molecule has 0 radical (unpaired) electrons. The molecule has 1 aromatic carbocycles. The van der Waals surface area contributed by atoms with Crippen LogP contribution >= 0.6 is 11.8 Å². The van der Waals surface area contributed by atoms with Gasteiger partial charge in [-0.2, -0.15) is 5.26 Å². The van der Waals surface area contributed by atoms with Gasteiger partial charge in [0.25, 0.3) is 0 Å². The first-order valence-corrected chi connectivity index (χ1v) is 11.6. The fourth-order valence-corrected chi connectivity index (χ4v) is 5.00. The van der Waals surface area contributed by atoms with E-state index >= 15 is 0 Å². The van der Waals surface area contributed by atoms with Crippen LogP contribution < -0.4 is 5.32 Å². The minimum Gasteiger partial charge on any atom is -0.376 e. The van der Waals surface area contributed by atoms with Gasteiger partial charge >= 0.3 is 0 Å². The second-order valence-electron chi connectivity index (χ2n) is 7.76. The zero-order valence-corrected chi connectivity index (χ0v) is 19.0. The number of benzene rings is 1. The molecule has 0 spiro atoms. The molecule has 3 heterocycles. The van der Waals surface area contributed by atoms with Gasteiger partial charge in [0, 0.05) is 18.8 Å². The minimum absolute atomic E-state index is 0.117. The maximum absolute atomic E-state index is 12.9. The highest BCUT2D eigenvalue weighted by atomic mass is 32.2. The average Bonchev–Trinajstić information content (AvgIpc) is 3.46. The van der Waals surface area contributed by atoms with Crippen molar-refractivity contribution < 1.29 is 9.53 Å². The number of rotatable bonds is 7. The van der Waals surface area contributed by atoms with E-state index in [1.54, 1.807) is 0 Å². The van der Waals surface area contributed by atoms with Crippen molar-refractivity contribution in [3.63, 3.8) is 0 Å². The Kier molecular flexibility index (Phi) is 6.35. The van der Waals surface area contributed by atoms with Crippen molar-refractivity contribution in [3.05, 3.63) is 41.1 Å². The number of aromatic nitrogens is 3. The van der Waals surface area contributed by atoms with Gasteiger partial charge in [0.1, 0.15) is 11.9 Å². The molecule has 2 aromatic heterocycles. The summed E-state index contributed by atoms with van der Waals surface area (Å²) < 4.78 is 9.92. The number of aryl methyl sites for hydroxylation is 1. The Balaban J connectivity index is 1.52. The number of carbonyl (C=O) groups excluding carboxylic acids is 1. The van der Waals surface area contributed by atoms with E-state index in [1.165, 1.54) is 11.8 Å². The van der Waals surface area contributed by atoms with E-state index in [0.29, 0.717) is 17.9 Å². The number of hydrogen-bond donors (Lipinski definition) is 1. The van der Waals surface area contributed by atoms with E-state index in [0.717, 1.165) is 53.4 Å². The lowest BCUT2D eigenvalue weighted by atomic mass is 10.2. The van der Waals surface area contributed by atoms with Crippen LogP contribution in [0, 0.1) is 25.2 Å². The minimum atomic E-state index is -0.151. The van der Waals surface area contributed by atoms with Crippen LogP contribution in [0.25, 0.3) is 11.0 Å². The standard InChI is InChI=1S/C23H27N5O2S/c1-4-27-20-10-6-5-9-19(20)25-23(27)31-14-21(29)26-22-18(12-24)15(2)16(3)28(22)13-17-8-7-11-30-17/h5-6,9-10,17H,4,7-8,11,13-14H2,1-3H3,(H,26,29). The van der Waals surface area contributed by atoms with Crippen molar-refractivity contribution >= 4 is 34.5 Å². The number of amides is 1. The number of nitrogens with zero attached hydrogens (tertiary/aromatic N) is 4. The third kappa shape index (κ3) is 4.21. The molecule has 1 amide bonds. The summed E-state index contributed by atoms with van der Waals surface area (Å²) in [5.74, 6) is 0.641. The number of nitriles is 1. The third-order valence-electron chi connectivity index (χ3n) is 5.88. The van der Waals surface area contributed by atoms with Gasteiger partial charge < -0.3 is 19.2 Å².